The summed E-state index contributed by atoms with van der Waals surface area (Å²) in [7, 11) is 0. The first-order valence-electron chi connectivity index (χ1n) is 11.7. The Balaban J connectivity index is 1.62. The number of nitrogens with zero attached hydrogens (tertiary/aromatic N) is 4. The van der Waals surface area contributed by atoms with E-state index in [9.17, 15) is 4.79 Å². The Bertz CT molecular complexity index is 1380. The van der Waals surface area contributed by atoms with Crippen molar-refractivity contribution in [1.82, 2.24) is 19.7 Å². The molecule has 1 saturated heterocycles. The molecule has 2 aromatic heterocycles. The number of carbonyl (C=O) groups excluding carboxylic acids is 1. The van der Waals surface area contributed by atoms with E-state index in [-0.39, 0.29) is 17.4 Å². The number of hydrogen-bond acceptors (Lipinski definition) is 5. The predicted molar refractivity (Wildman–Crippen MR) is 140 cm³/mol. The van der Waals surface area contributed by atoms with Gasteiger partial charge in [0.15, 0.2) is 0 Å². The third-order valence-corrected chi connectivity index (χ3v) is 8.05. The molecule has 2 aliphatic rings. The number of rotatable bonds is 5. The summed E-state index contributed by atoms with van der Waals surface area (Å²) in [6, 6.07) is 4.01. The summed E-state index contributed by atoms with van der Waals surface area (Å²) in [5, 5.41) is 13.8. The molecule has 0 atom stereocenters. The van der Waals surface area contributed by atoms with Gasteiger partial charge in [-0.2, -0.15) is 5.10 Å². The van der Waals surface area contributed by atoms with E-state index in [0.29, 0.717) is 16.3 Å². The van der Waals surface area contributed by atoms with Crippen LogP contribution in [-0.2, 0) is 4.79 Å². The molecule has 5 rings (SSSR count). The van der Waals surface area contributed by atoms with Crippen LogP contribution in [0.25, 0.3) is 22.4 Å². The second-order valence-corrected chi connectivity index (χ2v) is 10.3. The van der Waals surface area contributed by atoms with Gasteiger partial charge in [-0.25, -0.2) is 0 Å². The number of halogens is 1. The first-order chi connectivity index (χ1) is 16.7. The van der Waals surface area contributed by atoms with Gasteiger partial charge >= 0.3 is 0 Å². The largest absolute Gasteiger partial charge is 0.398 e. The molecule has 0 radical (unpaired) electrons. The van der Waals surface area contributed by atoms with Crippen molar-refractivity contribution in [2.24, 2.45) is 5.41 Å². The number of nitrogens with two attached hydrogens (primary N) is 1. The fourth-order valence-electron chi connectivity index (χ4n) is 5.75. The Kier molecular flexibility index (Phi) is 5.55. The van der Waals surface area contributed by atoms with Crippen LogP contribution in [0.5, 0.6) is 0 Å². The first kappa shape index (κ1) is 23.3. The van der Waals surface area contributed by atoms with E-state index >= 15 is 0 Å². The Morgan fingerprint density at radius 2 is 1.97 bits per heavy atom. The van der Waals surface area contributed by atoms with E-state index in [1.807, 2.05) is 37.1 Å². The lowest BCUT2D eigenvalue weighted by Crippen LogP contribution is -2.63. The Hall–Kier alpha value is -3.45. The second-order valence-electron chi connectivity index (χ2n) is 9.93. The SMILES string of the molecule is C=CC(=O)N1CC2(CC(n3nc(-c4ccncc4C)c(-c4c(Cl)c(C)cc(N)c4C=N)c3C)C2)C1. The van der Waals surface area contributed by atoms with Crippen LogP contribution in [0, 0.1) is 31.6 Å². The van der Waals surface area contributed by atoms with E-state index in [1.54, 1.807) is 6.20 Å². The zero-order valence-electron chi connectivity index (χ0n) is 20.2. The van der Waals surface area contributed by atoms with Crippen LogP contribution >= 0.6 is 11.6 Å². The highest BCUT2D eigenvalue weighted by Crippen LogP contribution is 2.55. The van der Waals surface area contributed by atoms with Gasteiger partial charge in [-0.3, -0.25) is 14.5 Å². The van der Waals surface area contributed by atoms with Gasteiger partial charge in [0.05, 0.1) is 11.1 Å². The number of aromatic nitrogens is 3. The summed E-state index contributed by atoms with van der Waals surface area (Å²) in [5.74, 6) is -0.00192. The maximum atomic E-state index is 11.9. The van der Waals surface area contributed by atoms with E-state index < -0.39 is 0 Å². The van der Waals surface area contributed by atoms with Crippen molar-refractivity contribution in [1.29, 1.82) is 5.41 Å². The topological polar surface area (TPSA) is 101 Å². The molecule has 3 heterocycles. The van der Waals surface area contributed by atoms with Gasteiger partial charge in [0.25, 0.3) is 0 Å². The summed E-state index contributed by atoms with van der Waals surface area (Å²) in [4.78, 5) is 18.0. The Labute approximate surface area is 210 Å². The van der Waals surface area contributed by atoms with Crippen molar-refractivity contribution < 1.29 is 4.79 Å². The zero-order valence-corrected chi connectivity index (χ0v) is 21.0. The lowest BCUT2D eigenvalue weighted by molar-refractivity contribution is -0.149. The van der Waals surface area contributed by atoms with Crippen LogP contribution < -0.4 is 5.73 Å². The Morgan fingerprint density at radius 1 is 1.26 bits per heavy atom. The van der Waals surface area contributed by atoms with Gasteiger partial charge in [0.1, 0.15) is 5.69 Å². The van der Waals surface area contributed by atoms with Gasteiger partial charge < -0.3 is 16.0 Å². The molecule has 0 bridgehead atoms. The van der Waals surface area contributed by atoms with Crippen molar-refractivity contribution in [3.63, 3.8) is 0 Å². The molecule has 1 saturated carbocycles. The molecule has 7 nitrogen and oxygen atoms in total. The number of carbonyl (C=O) groups is 1. The first-order valence-corrected chi connectivity index (χ1v) is 12.1. The molecule has 35 heavy (non-hydrogen) atoms. The van der Waals surface area contributed by atoms with Crippen molar-refractivity contribution >= 4 is 29.4 Å². The van der Waals surface area contributed by atoms with Crippen LogP contribution in [0.1, 0.15) is 41.3 Å². The summed E-state index contributed by atoms with van der Waals surface area (Å²) in [6.45, 7) is 11.1. The number of nitrogen functional groups attached to an aromatic ring is 1. The average molecular weight is 489 g/mol. The van der Waals surface area contributed by atoms with Gasteiger partial charge in [0, 0.05) is 70.7 Å². The lowest BCUT2D eigenvalue weighted by atomic mass is 9.60. The lowest BCUT2D eigenvalue weighted by Gasteiger charge is -2.58. The highest BCUT2D eigenvalue weighted by atomic mass is 35.5. The minimum absolute atomic E-state index is 0.00192. The van der Waals surface area contributed by atoms with Crippen LogP contribution in [0.2, 0.25) is 5.02 Å². The van der Waals surface area contributed by atoms with Crippen LogP contribution in [0.3, 0.4) is 0 Å². The third kappa shape index (κ3) is 3.57. The number of aryl methyl sites for hydroxylation is 2. The fourth-order valence-corrected chi connectivity index (χ4v) is 6.01. The van der Waals surface area contributed by atoms with E-state index in [0.717, 1.165) is 65.1 Å². The Morgan fingerprint density at radius 3 is 2.60 bits per heavy atom. The van der Waals surface area contributed by atoms with Crippen molar-refractivity contribution in [2.45, 2.75) is 39.7 Å². The van der Waals surface area contributed by atoms with E-state index in [1.165, 1.54) is 12.3 Å². The molecule has 1 aliphatic carbocycles. The van der Waals surface area contributed by atoms with Crippen LogP contribution in [0.15, 0.2) is 37.2 Å². The van der Waals surface area contributed by atoms with Gasteiger partial charge in [-0.05, 0) is 62.9 Å². The maximum absolute atomic E-state index is 11.9. The molecule has 0 unspecified atom stereocenters. The van der Waals surface area contributed by atoms with Gasteiger partial charge in [0.2, 0.25) is 5.91 Å². The highest BCUT2D eigenvalue weighted by Gasteiger charge is 2.54. The van der Waals surface area contributed by atoms with Crippen molar-refractivity contribution in [3.8, 4) is 22.4 Å². The minimum Gasteiger partial charge on any atom is -0.398 e. The van der Waals surface area contributed by atoms with Crippen LogP contribution in [0.4, 0.5) is 5.69 Å². The highest BCUT2D eigenvalue weighted by molar-refractivity contribution is 6.35. The summed E-state index contributed by atoms with van der Waals surface area (Å²) in [5.41, 5.74) is 13.9. The molecular formula is C27H29ClN6O. The summed E-state index contributed by atoms with van der Waals surface area (Å²) >= 11 is 6.87. The van der Waals surface area contributed by atoms with Gasteiger partial charge in [-0.1, -0.05) is 18.2 Å². The normalized spacial score (nSPS) is 16.6. The molecule has 8 heteroatoms. The number of nitrogens with one attached hydrogen (secondary N) is 1. The van der Waals surface area contributed by atoms with Gasteiger partial charge in [-0.15, -0.1) is 0 Å². The molecule has 180 valence electrons. The third-order valence-electron chi connectivity index (χ3n) is 7.56. The van der Waals surface area contributed by atoms with Crippen molar-refractivity contribution in [3.05, 3.63) is 64.6 Å². The summed E-state index contributed by atoms with van der Waals surface area (Å²) < 4.78 is 2.11. The predicted octanol–water partition coefficient (Wildman–Crippen LogP) is 5.12. The fraction of sp³-hybridized carbons (Fsp3) is 0.333. The molecule has 2 fully saturated rings. The number of pyridine rings is 1. The standard InChI is InChI=1S/C27H29ClN6O/c1-5-22(35)33-13-27(14-33)9-18(10-27)34-17(4)23(26(32-34)19-6-7-31-12-16(19)3)24-20(11-29)21(30)8-15(2)25(24)28/h5-8,11-12,18,29H,1,9-10,13-14,30H2,2-4H3. The molecule has 3 aromatic rings. The summed E-state index contributed by atoms with van der Waals surface area (Å²) in [6.07, 6.45) is 8.18. The van der Waals surface area contributed by atoms with Crippen LogP contribution in [-0.4, -0.2) is 44.9 Å². The number of benzene rings is 1. The quantitative estimate of drug-likeness (QED) is 0.295. The monoisotopic (exact) mass is 488 g/mol. The molecule has 1 amide bonds. The zero-order chi connectivity index (χ0) is 25.1. The number of anilines is 1. The number of amides is 1. The van der Waals surface area contributed by atoms with E-state index in [4.69, 9.17) is 27.8 Å². The maximum Gasteiger partial charge on any atom is 0.245 e. The van der Waals surface area contributed by atoms with Crippen molar-refractivity contribution in [2.75, 3.05) is 18.8 Å². The molecule has 1 aromatic carbocycles. The molecule has 3 N–H and O–H groups in total. The molecule has 1 spiro atoms. The number of hydrogen-bond donors (Lipinski definition) is 2. The smallest absolute Gasteiger partial charge is 0.245 e. The van der Waals surface area contributed by atoms with E-state index in [2.05, 4.69) is 23.2 Å². The molecular weight excluding hydrogens is 460 g/mol. The molecule has 1 aliphatic heterocycles. The minimum atomic E-state index is -0.00192. The average Bonchev–Trinajstić information content (AvgIpc) is 3.10. The number of likely N-dealkylation sites (tertiary alicyclic amines) is 1. The second kappa shape index (κ2) is 8.34.